The Kier molecular flexibility index (Phi) is 3.82. The highest BCUT2D eigenvalue weighted by Gasteiger charge is 2.12. The molecule has 1 N–H and O–H groups in total. The van der Waals surface area contributed by atoms with Crippen molar-refractivity contribution in [2.45, 2.75) is 13.1 Å². The summed E-state index contributed by atoms with van der Waals surface area (Å²) >= 11 is 0. The molecule has 0 unspecified atom stereocenters. The maximum atomic E-state index is 12.7. The third kappa shape index (κ3) is 2.80. The van der Waals surface area contributed by atoms with Crippen LogP contribution in [-0.2, 0) is 17.9 Å². The smallest absolute Gasteiger partial charge is 0.240 e. The number of hydrogen-bond acceptors (Lipinski definition) is 3. The molecule has 0 aliphatic rings. The Bertz CT molecular complexity index is 1050. The first-order valence-corrected chi connectivity index (χ1v) is 8.03. The van der Waals surface area contributed by atoms with Crippen LogP contribution in [0.4, 0.5) is 0 Å². The minimum Gasteiger partial charge on any atom is -0.467 e. The molecule has 25 heavy (non-hydrogen) atoms. The molecule has 0 fully saturated rings. The lowest BCUT2D eigenvalue weighted by Crippen LogP contribution is -2.28. The Morgan fingerprint density at radius 2 is 1.56 bits per heavy atom. The first-order valence-electron chi connectivity index (χ1n) is 8.03. The van der Waals surface area contributed by atoms with E-state index in [2.05, 4.69) is 5.32 Å². The first kappa shape index (κ1) is 15.2. The van der Waals surface area contributed by atoms with Crippen molar-refractivity contribution in [1.29, 1.82) is 0 Å². The molecule has 0 aliphatic heterocycles. The molecule has 0 saturated heterocycles. The lowest BCUT2D eigenvalue weighted by Gasteiger charge is -2.14. The zero-order chi connectivity index (χ0) is 17.2. The normalized spacial score (nSPS) is 11.0. The molecule has 4 aromatic rings. The Hall–Kier alpha value is -3.34. The van der Waals surface area contributed by atoms with Crippen molar-refractivity contribution in [1.82, 2.24) is 9.88 Å². The molecule has 0 spiro atoms. The summed E-state index contributed by atoms with van der Waals surface area (Å²) in [5, 5.41) is 4.07. The number of amides is 1. The summed E-state index contributed by atoms with van der Waals surface area (Å²) in [6.07, 6.45) is 1.57. The van der Waals surface area contributed by atoms with Gasteiger partial charge in [0.05, 0.1) is 23.8 Å². The summed E-state index contributed by atoms with van der Waals surface area (Å²) in [7, 11) is 0. The van der Waals surface area contributed by atoms with Crippen LogP contribution in [0.15, 0.2) is 76.1 Å². The topological polar surface area (TPSA) is 64.2 Å². The monoisotopic (exact) mass is 332 g/mol. The number of nitrogens with one attached hydrogen (secondary N) is 1. The highest BCUT2D eigenvalue weighted by atomic mass is 16.3. The quantitative estimate of drug-likeness (QED) is 0.584. The maximum Gasteiger partial charge on any atom is 0.240 e. The molecule has 4 rings (SSSR count). The fourth-order valence-electron chi connectivity index (χ4n) is 3.05. The Balaban J connectivity index is 1.75. The van der Waals surface area contributed by atoms with Gasteiger partial charge in [-0.3, -0.25) is 9.59 Å². The second-order valence-corrected chi connectivity index (χ2v) is 5.81. The van der Waals surface area contributed by atoms with Crippen LogP contribution in [0.3, 0.4) is 0 Å². The van der Waals surface area contributed by atoms with Gasteiger partial charge in [-0.25, -0.2) is 0 Å². The molecule has 0 radical (unpaired) electrons. The van der Waals surface area contributed by atoms with Gasteiger partial charge in [-0.05, 0) is 36.4 Å². The summed E-state index contributed by atoms with van der Waals surface area (Å²) in [6.45, 7) is 0.462. The van der Waals surface area contributed by atoms with Crippen molar-refractivity contribution in [2.24, 2.45) is 0 Å². The largest absolute Gasteiger partial charge is 0.467 e. The van der Waals surface area contributed by atoms with Crippen LogP contribution in [0.1, 0.15) is 5.76 Å². The SMILES string of the molecule is O=C(Cn1c2ccccc2c(=O)c2ccccc21)NCc1ccco1. The van der Waals surface area contributed by atoms with Crippen molar-refractivity contribution >= 4 is 27.7 Å². The molecule has 5 heteroatoms. The van der Waals surface area contributed by atoms with Gasteiger partial charge in [0.2, 0.25) is 5.91 Å². The third-order valence-electron chi connectivity index (χ3n) is 4.22. The van der Waals surface area contributed by atoms with Gasteiger partial charge in [-0.1, -0.05) is 24.3 Å². The predicted molar refractivity (Wildman–Crippen MR) is 96.3 cm³/mol. The van der Waals surface area contributed by atoms with Crippen LogP contribution in [0.2, 0.25) is 0 Å². The Morgan fingerprint density at radius 3 is 2.16 bits per heavy atom. The average Bonchev–Trinajstić information content (AvgIpc) is 3.17. The van der Waals surface area contributed by atoms with Gasteiger partial charge in [0.15, 0.2) is 5.43 Å². The number of rotatable bonds is 4. The number of para-hydroxylation sites is 2. The van der Waals surface area contributed by atoms with Gasteiger partial charge < -0.3 is 14.3 Å². The number of nitrogens with zero attached hydrogens (tertiary/aromatic N) is 1. The van der Waals surface area contributed by atoms with E-state index in [0.717, 1.165) is 11.0 Å². The summed E-state index contributed by atoms with van der Waals surface area (Å²) in [4.78, 5) is 25.1. The lowest BCUT2D eigenvalue weighted by molar-refractivity contribution is -0.121. The minimum absolute atomic E-state index is 0.0153. The van der Waals surface area contributed by atoms with Crippen molar-refractivity contribution in [3.8, 4) is 0 Å². The molecule has 0 saturated carbocycles. The zero-order valence-electron chi connectivity index (χ0n) is 13.4. The van der Waals surface area contributed by atoms with E-state index in [0.29, 0.717) is 23.1 Å². The number of carbonyl (C=O) groups excluding carboxylic acids is 1. The fourth-order valence-corrected chi connectivity index (χ4v) is 3.05. The summed E-state index contributed by atoms with van der Waals surface area (Å²) in [5.74, 6) is 0.554. The van der Waals surface area contributed by atoms with Crippen molar-refractivity contribution in [3.63, 3.8) is 0 Å². The summed E-state index contributed by atoms with van der Waals surface area (Å²) < 4.78 is 7.11. The number of fused-ring (bicyclic) bond motifs is 2. The first-order chi connectivity index (χ1) is 12.2. The van der Waals surface area contributed by atoms with Gasteiger partial charge in [-0.15, -0.1) is 0 Å². The molecule has 0 aliphatic carbocycles. The van der Waals surface area contributed by atoms with E-state index in [4.69, 9.17) is 4.42 Å². The van der Waals surface area contributed by atoms with E-state index < -0.39 is 0 Å². The van der Waals surface area contributed by atoms with E-state index in [1.807, 2.05) is 47.0 Å². The van der Waals surface area contributed by atoms with Crippen LogP contribution in [-0.4, -0.2) is 10.5 Å². The maximum absolute atomic E-state index is 12.7. The number of hydrogen-bond donors (Lipinski definition) is 1. The highest BCUT2D eigenvalue weighted by Crippen LogP contribution is 2.18. The number of furan rings is 1. The minimum atomic E-state index is -0.143. The van der Waals surface area contributed by atoms with E-state index in [9.17, 15) is 9.59 Å². The molecule has 5 nitrogen and oxygen atoms in total. The van der Waals surface area contributed by atoms with Crippen LogP contribution in [0, 0.1) is 0 Å². The van der Waals surface area contributed by atoms with Crippen LogP contribution >= 0.6 is 0 Å². The molecule has 2 aromatic heterocycles. The number of pyridine rings is 1. The van der Waals surface area contributed by atoms with Crippen molar-refractivity contribution in [2.75, 3.05) is 0 Å². The van der Waals surface area contributed by atoms with E-state index in [1.54, 1.807) is 24.5 Å². The van der Waals surface area contributed by atoms with Crippen molar-refractivity contribution in [3.05, 3.63) is 82.9 Å². The van der Waals surface area contributed by atoms with Gasteiger partial charge in [0, 0.05) is 10.8 Å². The predicted octanol–water partition coefficient (Wildman–Crippen LogP) is 3.06. The second-order valence-electron chi connectivity index (χ2n) is 5.81. The van der Waals surface area contributed by atoms with Gasteiger partial charge in [0.1, 0.15) is 12.3 Å². The molecule has 1 amide bonds. The van der Waals surface area contributed by atoms with Gasteiger partial charge in [-0.2, -0.15) is 0 Å². The van der Waals surface area contributed by atoms with Crippen LogP contribution < -0.4 is 10.7 Å². The van der Waals surface area contributed by atoms with Crippen LogP contribution in [0.5, 0.6) is 0 Å². The average molecular weight is 332 g/mol. The molecule has 124 valence electrons. The second kappa shape index (κ2) is 6.28. The number of benzene rings is 2. The Morgan fingerprint density at radius 1 is 0.920 bits per heavy atom. The number of carbonyl (C=O) groups is 1. The van der Waals surface area contributed by atoms with Crippen molar-refractivity contribution < 1.29 is 9.21 Å². The standard InChI is InChI=1S/C20H16N2O3/c23-19(21-12-14-6-5-11-25-14)13-22-17-9-3-1-7-15(17)20(24)16-8-2-4-10-18(16)22/h1-11H,12-13H2,(H,21,23). The van der Waals surface area contributed by atoms with E-state index in [1.165, 1.54) is 0 Å². The molecule has 0 bridgehead atoms. The van der Waals surface area contributed by atoms with E-state index >= 15 is 0 Å². The van der Waals surface area contributed by atoms with Gasteiger partial charge >= 0.3 is 0 Å². The van der Waals surface area contributed by atoms with E-state index in [-0.39, 0.29) is 17.9 Å². The summed E-state index contributed by atoms with van der Waals surface area (Å²) in [6, 6.07) is 18.3. The van der Waals surface area contributed by atoms with Crippen LogP contribution in [0.25, 0.3) is 21.8 Å². The molecular formula is C20H16N2O3. The number of aromatic nitrogens is 1. The summed E-state index contributed by atoms with van der Waals surface area (Å²) in [5.41, 5.74) is 1.48. The molecule has 2 aromatic carbocycles. The Labute approximate surface area is 143 Å². The molecule has 0 atom stereocenters. The highest BCUT2D eigenvalue weighted by molar-refractivity contribution is 5.94. The molecular weight excluding hydrogens is 316 g/mol. The lowest BCUT2D eigenvalue weighted by atomic mass is 10.1. The van der Waals surface area contributed by atoms with Gasteiger partial charge in [0.25, 0.3) is 0 Å². The molecule has 2 heterocycles. The zero-order valence-corrected chi connectivity index (χ0v) is 13.4. The third-order valence-corrected chi connectivity index (χ3v) is 4.22. The fraction of sp³-hybridized carbons (Fsp3) is 0.100.